The van der Waals surface area contributed by atoms with Gasteiger partial charge in [-0.2, -0.15) is 0 Å². The van der Waals surface area contributed by atoms with Gasteiger partial charge in [-0.05, 0) is 36.4 Å². The number of aromatic nitrogens is 4. The molecule has 0 fully saturated rings. The van der Waals surface area contributed by atoms with Gasteiger partial charge in [0, 0.05) is 23.1 Å². The molecule has 0 radical (unpaired) electrons. The third-order valence-electron chi connectivity index (χ3n) is 3.04. The average molecular weight is 338 g/mol. The van der Waals surface area contributed by atoms with Gasteiger partial charge in [0.15, 0.2) is 5.82 Å². The summed E-state index contributed by atoms with van der Waals surface area (Å²) in [5.74, 6) is 0.610. The summed E-state index contributed by atoms with van der Waals surface area (Å²) in [7, 11) is 0. The van der Waals surface area contributed by atoms with E-state index in [-0.39, 0.29) is 12.5 Å². The highest BCUT2D eigenvalue weighted by Gasteiger charge is 2.15. The molecule has 1 aromatic heterocycles. The van der Waals surface area contributed by atoms with Crippen LogP contribution in [-0.4, -0.2) is 44.1 Å². The molecule has 0 saturated carbocycles. The highest BCUT2D eigenvalue weighted by atomic mass is 79.9. The fraction of sp³-hybridized carbons (Fsp3) is 0.385. The molecule has 0 saturated heterocycles. The normalized spacial score (nSPS) is 10.6. The zero-order chi connectivity index (χ0) is 14.5. The molecule has 1 amide bonds. The number of hydrogen-bond donors (Lipinski definition) is 0. The molecule has 106 valence electrons. The minimum absolute atomic E-state index is 0.0145. The van der Waals surface area contributed by atoms with Crippen molar-refractivity contribution in [3.8, 4) is 11.4 Å². The van der Waals surface area contributed by atoms with E-state index in [0.717, 1.165) is 10.0 Å². The van der Waals surface area contributed by atoms with Crippen molar-refractivity contribution < 1.29 is 4.79 Å². The highest BCUT2D eigenvalue weighted by Crippen LogP contribution is 2.19. The van der Waals surface area contributed by atoms with Crippen LogP contribution in [0, 0.1) is 0 Å². The number of benzene rings is 1. The van der Waals surface area contributed by atoms with Gasteiger partial charge >= 0.3 is 0 Å². The van der Waals surface area contributed by atoms with Crippen LogP contribution in [0.15, 0.2) is 28.7 Å². The number of carbonyl (C=O) groups is 1. The van der Waals surface area contributed by atoms with E-state index >= 15 is 0 Å². The van der Waals surface area contributed by atoms with Crippen LogP contribution >= 0.6 is 15.9 Å². The predicted molar refractivity (Wildman–Crippen MR) is 78.9 cm³/mol. The number of nitrogens with zero attached hydrogens (tertiary/aromatic N) is 5. The second kappa shape index (κ2) is 6.60. The molecule has 2 aromatic rings. The van der Waals surface area contributed by atoms with Crippen LogP contribution in [0.4, 0.5) is 0 Å². The van der Waals surface area contributed by atoms with E-state index in [1.54, 1.807) is 4.90 Å². The largest absolute Gasteiger partial charge is 0.342 e. The number of rotatable bonds is 5. The average Bonchev–Trinajstić information content (AvgIpc) is 2.89. The SMILES string of the molecule is CCN(CC)C(=O)Cn1nnnc1-c1ccc(Br)cc1. The summed E-state index contributed by atoms with van der Waals surface area (Å²) in [6.45, 7) is 5.43. The van der Waals surface area contributed by atoms with Crippen LogP contribution in [0.5, 0.6) is 0 Å². The van der Waals surface area contributed by atoms with Crippen molar-refractivity contribution in [2.45, 2.75) is 20.4 Å². The molecule has 6 nitrogen and oxygen atoms in total. The Morgan fingerprint density at radius 1 is 1.25 bits per heavy atom. The van der Waals surface area contributed by atoms with Crippen molar-refractivity contribution in [3.05, 3.63) is 28.7 Å². The van der Waals surface area contributed by atoms with Crippen molar-refractivity contribution in [1.29, 1.82) is 0 Å². The molecular weight excluding hydrogens is 322 g/mol. The van der Waals surface area contributed by atoms with Gasteiger partial charge < -0.3 is 4.90 Å². The van der Waals surface area contributed by atoms with Crippen LogP contribution in [0.3, 0.4) is 0 Å². The minimum Gasteiger partial charge on any atom is -0.342 e. The molecule has 20 heavy (non-hydrogen) atoms. The standard InChI is InChI=1S/C13H16BrN5O/c1-3-18(4-2)12(20)9-19-13(15-16-17-19)10-5-7-11(14)8-6-10/h5-8H,3-4,9H2,1-2H3. The van der Waals surface area contributed by atoms with Crippen LogP contribution in [0.1, 0.15) is 13.8 Å². The van der Waals surface area contributed by atoms with Crippen LogP contribution < -0.4 is 0 Å². The number of likely N-dealkylation sites (N-methyl/N-ethyl adjacent to an activating group) is 1. The second-order valence-electron chi connectivity index (χ2n) is 4.23. The van der Waals surface area contributed by atoms with Crippen LogP contribution in [0.2, 0.25) is 0 Å². The molecule has 1 aromatic carbocycles. The van der Waals surface area contributed by atoms with E-state index in [1.165, 1.54) is 4.68 Å². The van der Waals surface area contributed by atoms with Crippen molar-refractivity contribution >= 4 is 21.8 Å². The number of amides is 1. The molecule has 0 bridgehead atoms. The molecule has 7 heteroatoms. The highest BCUT2D eigenvalue weighted by molar-refractivity contribution is 9.10. The molecule has 1 heterocycles. The molecule has 2 rings (SSSR count). The Morgan fingerprint density at radius 3 is 2.50 bits per heavy atom. The van der Waals surface area contributed by atoms with Gasteiger partial charge in [0.2, 0.25) is 5.91 Å². The van der Waals surface area contributed by atoms with Gasteiger partial charge in [0.05, 0.1) is 0 Å². The van der Waals surface area contributed by atoms with Crippen molar-refractivity contribution in [3.63, 3.8) is 0 Å². The molecule has 0 N–H and O–H groups in total. The number of tetrazole rings is 1. The lowest BCUT2D eigenvalue weighted by Crippen LogP contribution is -2.33. The lowest BCUT2D eigenvalue weighted by Gasteiger charge is -2.18. The van der Waals surface area contributed by atoms with Crippen LogP contribution in [0.25, 0.3) is 11.4 Å². The smallest absolute Gasteiger partial charge is 0.244 e. The Hall–Kier alpha value is -1.76. The predicted octanol–water partition coefficient (Wildman–Crippen LogP) is 1.97. The fourth-order valence-corrected chi connectivity index (χ4v) is 2.19. The van der Waals surface area contributed by atoms with Crippen LogP contribution in [-0.2, 0) is 11.3 Å². The first-order chi connectivity index (χ1) is 9.65. The van der Waals surface area contributed by atoms with Crippen molar-refractivity contribution in [2.75, 3.05) is 13.1 Å². The molecule has 0 atom stereocenters. The third kappa shape index (κ3) is 3.22. The van der Waals surface area contributed by atoms with E-state index in [9.17, 15) is 4.79 Å². The maximum Gasteiger partial charge on any atom is 0.244 e. The number of halogens is 1. The Morgan fingerprint density at radius 2 is 1.90 bits per heavy atom. The Labute approximate surface area is 125 Å². The third-order valence-corrected chi connectivity index (χ3v) is 3.56. The second-order valence-corrected chi connectivity index (χ2v) is 5.15. The monoisotopic (exact) mass is 337 g/mol. The molecule has 0 aliphatic carbocycles. The van der Waals surface area contributed by atoms with Gasteiger partial charge in [-0.25, -0.2) is 4.68 Å². The maximum atomic E-state index is 12.1. The van der Waals surface area contributed by atoms with E-state index in [0.29, 0.717) is 18.9 Å². The Kier molecular flexibility index (Phi) is 4.84. The van der Waals surface area contributed by atoms with Gasteiger partial charge in [0.25, 0.3) is 0 Å². The van der Waals surface area contributed by atoms with Gasteiger partial charge in [-0.15, -0.1) is 5.10 Å². The summed E-state index contributed by atoms with van der Waals surface area (Å²) < 4.78 is 2.52. The first-order valence-corrected chi connectivity index (χ1v) is 7.24. The fourth-order valence-electron chi connectivity index (χ4n) is 1.92. The number of carbonyl (C=O) groups excluding carboxylic acids is 1. The van der Waals surface area contributed by atoms with Gasteiger partial charge in [0.1, 0.15) is 6.54 Å². The summed E-state index contributed by atoms with van der Waals surface area (Å²) in [5, 5.41) is 11.6. The molecule has 0 unspecified atom stereocenters. The van der Waals surface area contributed by atoms with E-state index < -0.39 is 0 Å². The zero-order valence-corrected chi connectivity index (χ0v) is 13.0. The number of hydrogen-bond acceptors (Lipinski definition) is 4. The van der Waals surface area contributed by atoms with E-state index in [2.05, 4.69) is 31.5 Å². The molecular formula is C13H16BrN5O. The quantitative estimate of drug-likeness (QED) is 0.836. The first-order valence-electron chi connectivity index (χ1n) is 6.45. The van der Waals surface area contributed by atoms with Crippen molar-refractivity contribution in [2.24, 2.45) is 0 Å². The van der Waals surface area contributed by atoms with E-state index in [1.807, 2.05) is 38.1 Å². The summed E-state index contributed by atoms with van der Waals surface area (Å²) >= 11 is 3.39. The first kappa shape index (κ1) is 14.6. The summed E-state index contributed by atoms with van der Waals surface area (Å²) in [4.78, 5) is 13.9. The maximum absolute atomic E-state index is 12.1. The summed E-state index contributed by atoms with van der Waals surface area (Å²) in [6.07, 6.45) is 0. The Balaban J connectivity index is 2.21. The van der Waals surface area contributed by atoms with Gasteiger partial charge in [-0.1, -0.05) is 28.1 Å². The lowest BCUT2D eigenvalue weighted by molar-refractivity contribution is -0.131. The molecule has 0 spiro atoms. The topological polar surface area (TPSA) is 63.9 Å². The molecule has 0 aliphatic heterocycles. The summed E-state index contributed by atoms with van der Waals surface area (Å²) in [6, 6.07) is 7.66. The van der Waals surface area contributed by atoms with Crippen molar-refractivity contribution in [1.82, 2.24) is 25.1 Å². The minimum atomic E-state index is 0.0145. The lowest BCUT2D eigenvalue weighted by atomic mass is 10.2. The summed E-state index contributed by atoms with van der Waals surface area (Å²) in [5.41, 5.74) is 0.880. The van der Waals surface area contributed by atoms with E-state index in [4.69, 9.17) is 0 Å². The van der Waals surface area contributed by atoms with Gasteiger partial charge in [-0.3, -0.25) is 4.79 Å². The zero-order valence-electron chi connectivity index (χ0n) is 11.5. The molecule has 0 aliphatic rings. The Bertz CT molecular complexity index is 577.